The van der Waals surface area contributed by atoms with E-state index >= 15 is 0 Å². The average molecular weight is 216 g/mol. The Hall–Kier alpha value is 0.0400. The SMILES string of the molecule is Cl.NC1CC2CCC1(C(F)(F)F)C2. The molecule has 13 heavy (non-hydrogen) atoms. The molecular weight excluding hydrogens is 203 g/mol. The molecule has 5 heteroatoms. The van der Waals surface area contributed by atoms with E-state index in [2.05, 4.69) is 0 Å². The highest BCUT2D eigenvalue weighted by atomic mass is 35.5. The minimum Gasteiger partial charge on any atom is -0.327 e. The number of nitrogens with two attached hydrogens (primary N) is 1. The monoisotopic (exact) mass is 215 g/mol. The van der Waals surface area contributed by atoms with Gasteiger partial charge in [0.1, 0.15) is 0 Å². The summed E-state index contributed by atoms with van der Waals surface area (Å²) in [7, 11) is 0. The first-order valence-electron chi connectivity index (χ1n) is 4.28. The molecule has 2 saturated carbocycles. The highest BCUT2D eigenvalue weighted by Gasteiger charge is 2.65. The van der Waals surface area contributed by atoms with Crippen LogP contribution >= 0.6 is 12.4 Å². The number of rotatable bonds is 0. The maximum Gasteiger partial charge on any atom is 0.395 e. The van der Waals surface area contributed by atoms with Crippen LogP contribution < -0.4 is 5.73 Å². The summed E-state index contributed by atoms with van der Waals surface area (Å²) in [5.41, 5.74) is 4.00. The van der Waals surface area contributed by atoms with Crippen LogP contribution in [0.3, 0.4) is 0 Å². The first-order valence-corrected chi connectivity index (χ1v) is 4.28. The Labute approximate surface area is 81.3 Å². The Morgan fingerprint density at radius 1 is 1.31 bits per heavy atom. The van der Waals surface area contributed by atoms with E-state index < -0.39 is 17.6 Å². The van der Waals surface area contributed by atoms with E-state index in [1.54, 1.807) is 0 Å². The Balaban J connectivity index is 0.000000845. The van der Waals surface area contributed by atoms with Crippen molar-refractivity contribution in [2.45, 2.75) is 37.9 Å². The summed E-state index contributed by atoms with van der Waals surface area (Å²) in [6.45, 7) is 0. The fraction of sp³-hybridized carbons (Fsp3) is 1.00. The molecule has 0 aliphatic heterocycles. The van der Waals surface area contributed by atoms with Crippen LogP contribution in [0.5, 0.6) is 0 Å². The molecule has 2 N–H and O–H groups in total. The van der Waals surface area contributed by atoms with Crippen molar-refractivity contribution in [2.75, 3.05) is 0 Å². The highest BCUT2D eigenvalue weighted by Crippen LogP contribution is 2.60. The van der Waals surface area contributed by atoms with Crippen LogP contribution in [0.4, 0.5) is 13.2 Å². The predicted octanol–water partition coefficient (Wildman–Crippen LogP) is 2.49. The summed E-state index contributed by atoms with van der Waals surface area (Å²) in [6.07, 6.45) is -2.27. The molecule has 78 valence electrons. The molecule has 0 saturated heterocycles. The average Bonchev–Trinajstić information content (AvgIpc) is 2.41. The fourth-order valence-corrected chi connectivity index (χ4v) is 2.77. The molecule has 0 aromatic heterocycles. The summed E-state index contributed by atoms with van der Waals surface area (Å²) in [4.78, 5) is 0. The number of hydrogen-bond acceptors (Lipinski definition) is 1. The van der Waals surface area contributed by atoms with Crippen molar-refractivity contribution < 1.29 is 13.2 Å². The predicted molar refractivity (Wildman–Crippen MR) is 45.7 cm³/mol. The van der Waals surface area contributed by atoms with Crippen molar-refractivity contribution in [3.8, 4) is 0 Å². The van der Waals surface area contributed by atoms with Crippen molar-refractivity contribution in [1.29, 1.82) is 0 Å². The maximum atomic E-state index is 12.6. The number of halogens is 4. The van der Waals surface area contributed by atoms with E-state index in [9.17, 15) is 13.2 Å². The molecule has 2 fully saturated rings. The fourth-order valence-electron chi connectivity index (χ4n) is 2.77. The zero-order valence-electron chi connectivity index (χ0n) is 7.10. The first kappa shape index (κ1) is 11.1. The molecule has 3 atom stereocenters. The van der Waals surface area contributed by atoms with E-state index in [-0.39, 0.29) is 31.2 Å². The van der Waals surface area contributed by atoms with Gasteiger partial charge >= 0.3 is 6.18 Å². The molecule has 0 amide bonds. The number of hydrogen-bond donors (Lipinski definition) is 1. The van der Waals surface area contributed by atoms with Gasteiger partial charge in [0.15, 0.2) is 0 Å². The molecule has 3 unspecified atom stereocenters. The number of alkyl halides is 3. The van der Waals surface area contributed by atoms with Gasteiger partial charge in [0, 0.05) is 6.04 Å². The lowest BCUT2D eigenvalue weighted by atomic mass is 9.80. The zero-order chi connectivity index (χ0) is 8.98. The van der Waals surface area contributed by atoms with Crippen molar-refractivity contribution in [3.05, 3.63) is 0 Å². The molecule has 2 bridgehead atoms. The summed E-state index contributed by atoms with van der Waals surface area (Å²) >= 11 is 0. The van der Waals surface area contributed by atoms with Crippen molar-refractivity contribution >= 4 is 12.4 Å². The van der Waals surface area contributed by atoms with Gasteiger partial charge in [0.25, 0.3) is 0 Å². The minimum atomic E-state index is -4.09. The van der Waals surface area contributed by atoms with E-state index in [4.69, 9.17) is 5.73 Å². The van der Waals surface area contributed by atoms with Gasteiger partial charge in [-0.1, -0.05) is 0 Å². The van der Waals surface area contributed by atoms with Crippen molar-refractivity contribution in [1.82, 2.24) is 0 Å². The molecule has 2 rings (SSSR count). The van der Waals surface area contributed by atoms with Crippen LogP contribution in [0.1, 0.15) is 25.7 Å². The molecule has 0 radical (unpaired) electrons. The molecule has 0 aromatic rings. The van der Waals surface area contributed by atoms with Gasteiger partial charge in [-0.15, -0.1) is 12.4 Å². The van der Waals surface area contributed by atoms with Crippen LogP contribution in [0, 0.1) is 11.3 Å². The third-order valence-corrected chi connectivity index (χ3v) is 3.51. The van der Waals surface area contributed by atoms with Gasteiger partial charge < -0.3 is 5.73 Å². The van der Waals surface area contributed by atoms with Crippen LogP contribution in [0.2, 0.25) is 0 Å². The standard InChI is InChI=1S/C8H12F3N.ClH/c9-8(10,11)7-2-1-5(4-7)3-6(7)12;/h5-6H,1-4,12H2;1H. The largest absolute Gasteiger partial charge is 0.395 e. The van der Waals surface area contributed by atoms with E-state index in [0.29, 0.717) is 12.8 Å². The van der Waals surface area contributed by atoms with E-state index in [1.807, 2.05) is 0 Å². The van der Waals surface area contributed by atoms with Gasteiger partial charge in [-0.2, -0.15) is 13.2 Å². The van der Waals surface area contributed by atoms with Gasteiger partial charge in [0.05, 0.1) is 5.41 Å². The second-order valence-corrected chi connectivity index (χ2v) is 4.10. The lowest BCUT2D eigenvalue weighted by molar-refractivity contribution is -0.224. The Kier molecular flexibility index (Phi) is 2.58. The maximum absolute atomic E-state index is 12.6. The van der Waals surface area contributed by atoms with Gasteiger partial charge in [0.2, 0.25) is 0 Å². The molecule has 1 nitrogen and oxygen atoms in total. The second kappa shape index (κ2) is 3.02. The lowest BCUT2D eigenvalue weighted by Crippen LogP contribution is -2.48. The lowest BCUT2D eigenvalue weighted by Gasteiger charge is -2.34. The minimum absolute atomic E-state index is 0. The topological polar surface area (TPSA) is 26.0 Å². The third-order valence-electron chi connectivity index (χ3n) is 3.51. The normalized spacial score (nSPS) is 43.4. The quantitative estimate of drug-likeness (QED) is 0.660. The van der Waals surface area contributed by atoms with Crippen LogP contribution in [0.25, 0.3) is 0 Å². The van der Waals surface area contributed by atoms with E-state index in [1.165, 1.54) is 0 Å². The Bertz CT molecular complexity index is 206. The molecule has 0 heterocycles. The third kappa shape index (κ3) is 1.34. The van der Waals surface area contributed by atoms with E-state index in [0.717, 1.165) is 0 Å². The van der Waals surface area contributed by atoms with Crippen LogP contribution in [-0.2, 0) is 0 Å². The highest BCUT2D eigenvalue weighted by molar-refractivity contribution is 5.85. The summed E-state index contributed by atoms with van der Waals surface area (Å²) in [6, 6.07) is -0.642. The molecular formula is C8H13ClF3N. The van der Waals surface area contributed by atoms with Crippen molar-refractivity contribution in [3.63, 3.8) is 0 Å². The second-order valence-electron chi connectivity index (χ2n) is 4.10. The summed E-state index contributed by atoms with van der Waals surface area (Å²) in [5.74, 6) is 0.238. The summed E-state index contributed by atoms with van der Waals surface area (Å²) < 4.78 is 37.8. The summed E-state index contributed by atoms with van der Waals surface area (Å²) in [5, 5.41) is 0. The van der Waals surface area contributed by atoms with Gasteiger partial charge in [-0.3, -0.25) is 0 Å². The molecule has 0 spiro atoms. The van der Waals surface area contributed by atoms with Crippen molar-refractivity contribution in [2.24, 2.45) is 17.1 Å². The van der Waals surface area contributed by atoms with Gasteiger partial charge in [-0.25, -0.2) is 0 Å². The zero-order valence-corrected chi connectivity index (χ0v) is 7.92. The van der Waals surface area contributed by atoms with Gasteiger partial charge in [-0.05, 0) is 31.6 Å². The van der Waals surface area contributed by atoms with Crippen LogP contribution in [-0.4, -0.2) is 12.2 Å². The molecule has 2 aliphatic carbocycles. The smallest absolute Gasteiger partial charge is 0.327 e. The Morgan fingerprint density at radius 3 is 2.15 bits per heavy atom. The Morgan fingerprint density at radius 2 is 1.92 bits per heavy atom. The molecule has 0 aromatic carbocycles. The number of fused-ring (bicyclic) bond motifs is 2. The first-order chi connectivity index (χ1) is 5.46. The van der Waals surface area contributed by atoms with Crippen LogP contribution in [0.15, 0.2) is 0 Å². The molecule has 2 aliphatic rings.